The van der Waals surface area contributed by atoms with Gasteiger partial charge in [0.1, 0.15) is 18.1 Å². The first-order chi connectivity index (χ1) is 11.5. The molecule has 0 bridgehead atoms. The minimum Gasteiger partial charge on any atom is -0.492 e. The number of amides is 1. The van der Waals surface area contributed by atoms with Crippen molar-refractivity contribution in [3.05, 3.63) is 53.1 Å². The van der Waals surface area contributed by atoms with Crippen molar-refractivity contribution in [3.63, 3.8) is 0 Å². The zero-order valence-electron chi connectivity index (χ0n) is 12.5. The molecule has 1 unspecified atom stereocenters. The Bertz CT molecular complexity index is 737. The number of rotatable bonds is 4. The maximum atomic E-state index is 12.3. The number of halogens is 3. The molecular weight excluding hydrogens is 340 g/mol. The number of ether oxygens (including phenoxy) is 2. The molecule has 3 rings (SSSR count). The van der Waals surface area contributed by atoms with Gasteiger partial charge in [0.2, 0.25) is 5.91 Å². The van der Waals surface area contributed by atoms with E-state index in [-0.39, 0.29) is 24.2 Å². The quantitative estimate of drug-likeness (QED) is 0.899. The summed E-state index contributed by atoms with van der Waals surface area (Å²) in [4.78, 5) is 12.3. The van der Waals surface area contributed by atoms with Gasteiger partial charge >= 0.3 is 6.61 Å². The Hall–Kier alpha value is -2.34. The van der Waals surface area contributed by atoms with Gasteiger partial charge in [-0.1, -0.05) is 11.6 Å². The van der Waals surface area contributed by atoms with Gasteiger partial charge < -0.3 is 14.8 Å². The van der Waals surface area contributed by atoms with Gasteiger partial charge in [-0.2, -0.15) is 8.78 Å². The molecule has 0 aliphatic carbocycles. The first-order valence-electron chi connectivity index (χ1n) is 7.28. The fourth-order valence-electron chi connectivity index (χ4n) is 2.50. The number of carbonyl (C=O) groups is 1. The Labute approximate surface area is 142 Å². The van der Waals surface area contributed by atoms with E-state index in [1.54, 1.807) is 18.2 Å². The zero-order chi connectivity index (χ0) is 17.1. The number of alkyl halides is 2. The van der Waals surface area contributed by atoms with Crippen molar-refractivity contribution in [2.45, 2.75) is 13.0 Å². The zero-order valence-corrected chi connectivity index (χ0v) is 13.2. The highest BCUT2D eigenvalue weighted by Gasteiger charge is 2.26. The molecule has 1 heterocycles. The fourth-order valence-corrected chi connectivity index (χ4v) is 2.69. The molecule has 1 atom stereocenters. The highest BCUT2D eigenvalue weighted by Crippen LogP contribution is 2.30. The van der Waals surface area contributed by atoms with E-state index in [9.17, 15) is 13.6 Å². The van der Waals surface area contributed by atoms with Crippen LogP contribution in [0.1, 0.15) is 5.56 Å². The molecule has 0 aromatic heterocycles. The SMILES string of the molecule is O=C(Nc1ccc(OC(F)F)cc1)C1COc2ccc(Cl)cc2C1. The molecule has 1 amide bonds. The van der Waals surface area contributed by atoms with Crippen molar-refractivity contribution < 1.29 is 23.0 Å². The molecule has 0 saturated carbocycles. The summed E-state index contributed by atoms with van der Waals surface area (Å²) in [6.45, 7) is -2.61. The number of hydrogen-bond acceptors (Lipinski definition) is 3. The smallest absolute Gasteiger partial charge is 0.387 e. The highest BCUT2D eigenvalue weighted by atomic mass is 35.5. The molecule has 1 aliphatic heterocycles. The lowest BCUT2D eigenvalue weighted by Crippen LogP contribution is -2.32. The lowest BCUT2D eigenvalue weighted by Gasteiger charge is -2.24. The van der Waals surface area contributed by atoms with Gasteiger partial charge in [-0.25, -0.2) is 0 Å². The number of anilines is 1. The summed E-state index contributed by atoms with van der Waals surface area (Å²) in [5.74, 6) is 0.209. The van der Waals surface area contributed by atoms with Crippen LogP contribution in [0.2, 0.25) is 5.02 Å². The topological polar surface area (TPSA) is 47.6 Å². The molecule has 2 aromatic rings. The molecule has 0 fully saturated rings. The van der Waals surface area contributed by atoms with Crippen LogP contribution in [0.5, 0.6) is 11.5 Å². The standard InChI is InChI=1S/C17H14ClF2NO3/c18-12-1-6-15-10(8-12)7-11(9-23-15)16(22)21-13-2-4-14(5-3-13)24-17(19)20/h1-6,8,11,17H,7,9H2,(H,21,22). The second-order valence-electron chi connectivity index (χ2n) is 5.36. The van der Waals surface area contributed by atoms with Crippen LogP contribution in [0, 0.1) is 5.92 Å². The lowest BCUT2D eigenvalue weighted by atomic mass is 9.96. The third-order valence-corrected chi connectivity index (χ3v) is 3.88. The minimum atomic E-state index is -2.88. The van der Waals surface area contributed by atoms with Crippen LogP contribution >= 0.6 is 11.6 Å². The van der Waals surface area contributed by atoms with Crippen LogP contribution in [-0.2, 0) is 11.2 Å². The van der Waals surface area contributed by atoms with E-state index in [1.807, 2.05) is 0 Å². The molecule has 4 nitrogen and oxygen atoms in total. The molecule has 0 spiro atoms. The second-order valence-corrected chi connectivity index (χ2v) is 5.79. The monoisotopic (exact) mass is 353 g/mol. The van der Waals surface area contributed by atoms with Crippen molar-refractivity contribution in [1.82, 2.24) is 0 Å². The van der Waals surface area contributed by atoms with Gasteiger partial charge in [0.05, 0.1) is 5.92 Å². The van der Waals surface area contributed by atoms with Crippen LogP contribution in [0.25, 0.3) is 0 Å². The van der Waals surface area contributed by atoms with Crippen molar-refractivity contribution in [1.29, 1.82) is 0 Å². The van der Waals surface area contributed by atoms with E-state index in [0.717, 1.165) is 11.3 Å². The molecule has 0 radical (unpaired) electrons. The third kappa shape index (κ3) is 3.94. The largest absolute Gasteiger partial charge is 0.492 e. The Morgan fingerprint density at radius 3 is 2.71 bits per heavy atom. The van der Waals surface area contributed by atoms with Crippen LogP contribution in [0.15, 0.2) is 42.5 Å². The first-order valence-corrected chi connectivity index (χ1v) is 7.66. The maximum Gasteiger partial charge on any atom is 0.387 e. The van der Waals surface area contributed by atoms with E-state index in [1.165, 1.54) is 24.3 Å². The summed E-state index contributed by atoms with van der Waals surface area (Å²) in [6.07, 6.45) is 0.522. The summed E-state index contributed by atoms with van der Waals surface area (Å²) in [7, 11) is 0. The average molecular weight is 354 g/mol. The molecule has 2 aromatic carbocycles. The molecule has 0 saturated heterocycles. The molecular formula is C17H14ClF2NO3. The second kappa shape index (κ2) is 7.05. The number of benzene rings is 2. The van der Waals surface area contributed by atoms with Gasteiger partial charge in [-0.05, 0) is 54.4 Å². The fraction of sp³-hybridized carbons (Fsp3) is 0.235. The van der Waals surface area contributed by atoms with E-state index in [2.05, 4.69) is 10.1 Å². The first kappa shape index (κ1) is 16.5. The van der Waals surface area contributed by atoms with Gasteiger partial charge in [-0.15, -0.1) is 0 Å². The summed E-state index contributed by atoms with van der Waals surface area (Å²) in [5.41, 5.74) is 1.38. The van der Waals surface area contributed by atoms with Gasteiger partial charge in [0, 0.05) is 10.7 Å². The van der Waals surface area contributed by atoms with E-state index in [4.69, 9.17) is 16.3 Å². The van der Waals surface area contributed by atoms with Gasteiger partial charge in [-0.3, -0.25) is 4.79 Å². The molecule has 1 N–H and O–H groups in total. The number of hydrogen-bond donors (Lipinski definition) is 1. The van der Waals surface area contributed by atoms with E-state index >= 15 is 0 Å². The predicted molar refractivity (Wildman–Crippen MR) is 85.8 cm³/mol. The highest BCUT2D eigenvalue weighted by molar-refractivity contribution is 6.30. The van der Waals surface area contributed by atoms with Gasteiger partial charge in [0.15, 0.2) is 0 Å². The molecule has 7 heteroatoms. The Morgan fingerprint density at radius 1 is 1.25 bits per heavy atom. The maximum absolute atomic E-state index is 12.3. The van der Waals surface area contributed by atoms with Crippen molar-refractivity contribution in [2.24, 2.45) is 5.92 Å². The lowest BCUT2D eigenvalue weighted by molar-refractivity contribution is -0.121. The summed E-state index contributed by atoms with van der Waals surface area (Å²) >= 11 is 5.96. The third-order valence-electron chi connectivity index (χ3n) is 3.65. The van der Waals surface area contributed by atoms with E-state index < -0.39 is 6.61 Å². The summed E-state index contributed by atoms with van der Waals surface area (Å²) < 4.78 is 34.1. The van der Waals surface area contributed by atoms with Crippen molar-refractivity contribution in [2.75, 3.05) is 11.9 Å². The normalized spacial score (nSPS) is 16.2. The molecule has 24 heavy (non-hydrogen) atoms. The number of nitrogens with one attached hydrogen (secondary N) is 1. The van der Waals surface area contributed by atoms with Gasteiger partial charge in [0.25, 0.3) is 0 Å². The van der Waals surface area contributed by atoms with Crippen molar-refractivity contribution >= 4 is 23.2 Å². The van der Waals surface area contributed by atoms with E-state index in [0.29, 0.717) is 17.1 Å². The molecule has 1 aliphatic rings. The minimum absolute atomic E-state index is 0.0348. The van der Waals surface area contributed by atoms with Crippen LogP contribution in [-0.4, -0.2) is 19.1 Å². The Kier molecular flexibility index (Phi) is 4.85. The predicted octanol–water partition coefficient (Wildman–Crippen LogP) is 4.13. The number of fused-ring (bicyclic) bond motifs is 1. The van der Waals surface area contributed by atoms with Crippen molar-refractivity contribution in [3.8, 4) is 11.5 Å². The van der Waals surface area contributed by atoms with Crippen LogP contribution in [0.4, 0.5) is 14.5 Å². The van der Waals surface area contributed by atoms with Crippen LogP contribution < -0.4 is 14.8 Å². The van der Waals surface area contributed by atoms with Crippen LogP contribution in [0.3, 0.4) is 0 Å². The summed E-state index contributed by atoms with van der Waals surface area (Å²) in [6, 6.07) is 11.1. The molecule has 126 valence electrons. The number of carbonyl (C=O) groups excluding carboxylic acids is 1. The Balaban J connectivity index is 1.63. The Morgan fingerprint density at radius 2 is 2.00 bits per heavy atom. The summed E-state index contributed by atoms with van der Waals surface area (Å²) in [5, 5.41) is 3.33. The average Bonchev–Trinajstić information content (AvgIpc) is 2.55.